The molecule has 0 radical (unpaired) electrons. The van der Waals surface area contributed by atoms with Crippen LogP contribution in [0.25, 0.3) is 0 Å². The van der Waals surface area contributed by atoms with E-state index in [4.69, 9.17) is 9.84 Å². The molecule has 0 aliphatic rings. The lowest BCUT2D eigenvalue weighted by Crippen LogP contribution is -2.32. The summed E-state index contributed by atoms with van der Waals surface area (Å²) in [6.07, 6.45) is 3.49. The van der Waals surface area contributed by atoms with Gasteiger partial charge >= 0.3 is 6.16 Å². The van der Waals surface area contributed by atoms with E-state index >= 15 is 0 Å². The van der Waals surface area contributed by atoms with Gasteiger partial charge in [0.05, 0.1) is 0 Å². The Balaban J connectivity index is 3.19. The molecule has 0 aromatic heterocycles. The number of phenols is 1. The number of aromatic hydroxyl groups is 1. The Hall–Kier alpha value is -1.71. The lowest BCUT2D eigenvalue weighted by atomic mass is 9.83. The van der Waals surface area contributed by atoms with Crippen LogP contribution >= 0.6 is 0 Å². The lowest BCUT2D eigenvalue weighted by molar-refractivity contribution is -0.0380. The van der Waals surface area contributed by atoms with E-state index in [1.54, 1.807) is 24.3 Å². The average molecular weight is 280 g/mol. The van der Waals surface area contributed by atoms with Crippen LogP contribution in [-0.4, -0.2) is 16.4 Å². The van der Waals surface area contributed by atoms with Gasteiger partial charge in [0.2, 0.25) is 0 Å². The fourth-order valence-corrected chi connectivity index (χ4v) is 2.50. The van der Waals surface area contributed by atoms with Crippen molar-refractivity contribution >= 4 is 6.16 Å². The Morgan fingerprint density at radius 1 is 1.15 bits per heavy atom. The van der Waals surface area contributed by atoms with E-state index in [9.17, 15) is 9.90 Å². The van der Waals surface area contributed by atoms with Crippen molar-refractivity contribution in [2.24, 2.45) is 0 Å². The zero-order chi connectivity index (χ0) is 15.0. The zero-order valence-electron chi connectivity index (χ0n) is 12.3. The molecule has 2 N–H and O–H groups in total. The van der Waals surface area contributed by atoms with Gasteiger partial charge in [0.15, 0.2) is 0 Å². The minimum absolute atomic E-state index is 0.0981. The van der Waals surface area contributed by atoms with Crippen LogP contribution in [0, 0.1) is 0 Å². The molecule has 0 amide bonds. The normalized spacial score (nSPS) is 11.3. The van der Waals surface area contributed by atoms with E-state index in [0.29, 0.717) is 18.4 Å². The monoisotopic (exact) mass is 280 g/mol. The summed E-state index contributed by atoms with van der Waals surface area (Å²) in [4.78, 5) is 11.1. The molecule has 0 aliphatic carbocycles. The third kappa shape index (κ3) is 4.15. The molecule has 1 rings (SSSR count). The van der Waals surface area contributed by atoms with Gasteiger partial charge in [-0.15, -0.1) is 0 Å². The molecule has 0 bridgehead atoms. The van der Waals surface area contributed by atoms with Crippen LogP contribution < -0.4 is 0 Å². The first-order valence-corrected chi connectivity index (χ1v) is 7.26. The predicted molar refractivity (Wildman–Crippen MR) is 77.9 cm³/mol. The number of phenolic OH excluding ortho intramolecular Hbond substituents is 1. The highest BCUT2D eigenvalue weighted by Crippen LogP contribution is 2.41. The summed E-state index contributed by atoms with van der Waals surface area (Å²) in [6, 6.07) is 6.85. The maximum Gasteiger partial charge on any atom is 0.506 e. The summed E-state index contributed by atoms with van der Waals surface area (Å²) in [6.45, 7) is 4.10. The maximum atomic E-state index is 11.1. The first kappa shape index (κ1) is 16.3. The molecule has 0 spiro atoms. The average Bonchev–Trinajstić information content (AvgIpc) is 2.42. The SMILES string of the molecule is CCCCC(CCCC)(OC(=O)O)c1ccccc1O. The molecular formula is C16H24O4. The Morgan fingerprint density at radius 3 is 2.15 bits per heavy atom. The number of hydrogen-bond donors (Lipinski definition) is 2. The third-order valence-electron chi connectivity index (χ3n) is 3.55. The van der Waals surface area contributed by atoms with Crippen molar-refractivity contribution < 1.29 is 19.7 Å². The minimum Gasteiger partial charge on any atom is -0.508 e. The molecule has 1 aromatic carbocycles. The highest BCUT2D eigenvalue weighted by molar-refractivity contribution is 5.58. The van der Waals surface area contributed by atoms with E-state index in [-0.39, 0.29) is 5.75 Å². The van der Waals surface area contributed by atoms with Gasteiger partial charge in [0.1, 0.15) is 11.4 Å². The Labute approximate surface area is 120 Å². The fraction of sp³-hybridized carbons (Fsp3) is 0.562. The minimum atomic E-state index is -1.29. The summed E-state index contributed by atoms with van der Waals surface area (Å²) >= 11 is 0. The number of hydrogen-bond acceptors (Lipinski definition) is 3. The summed E-state index contributed by atoms with van der Waals surface area (Å²) in [5, 5.41) is 19.2. The highest BCUT2D eigenvalue weighted by atomic mass is 16.7. The third-order valence-corrected chi connectivity index (χ3v) is 3.55. The number of carbonyl (C=O) groups is 1. The van der Waals surface area contributed by atoms with Gasteiger partial charge in [0.25, 0.3) is 0 Å². The van der Waals surface area contributed by atoms with E-state index in [2.05, 4.69) is 13.8 Å². The standard InChI is InChI=1S/C16H24O4/c1-3-5-11-16(12-6-4-2,20-15(18)19)13-9-7-8-10-14(13)17/h7-10,17H,3-6,11-12H2,1-2H3,(H,18,19). The quantitative estimate of drug-likeness (QED) is 0.679. The lowest BCUT2D eigenvalue weighted by Gasteiger charge is -2.33. The van der Waals surface area contributed by atoms with Crippen LogP contribution in [0.1, 0.15) is 57.9 Å². The van der Waals surface area contributed by atoms with E-state index in [1.165, 1.54) is 0 Å². The molecule has 4 nitrogen and oxygen atoms in total. The van der Waals surface area contributed by atoms with Crippen LogP contribution in [0.15, 0.2) is 24.3 Å². The van der Waals surface area contributed by atoms with Crippen molar-refractivity contribution in [3.05, 3.63) is 29.8 Å². The Kier molecular flexibility index (Phi) is 6.36. The highest BCUT2D eigenvalue weighted by Gasteiger charge is 2.37. The van der Waals surface area contributed by atoms with Crippen LogP contribution in [0.2, 0.25) is 0 Å². The van der Waals surface area contributed by atoms with Crippen molar-refractivity contribution in [2.45, 2.75) is 58.0 Å². The first-order chi connectivity index (χ1) is 9.55. The summed E-state index contributed by atoms with van der Waals surface area (Å²) in [7, 11) is 0. The molecule has 4 heteroatoms. The Morgan fingerprint density at radius 2 is 1.70 bits per heavy atom. The topological polar surface area (TPSA) is 66.8 Å². The molecule has 0 heterocycles. The van der Waals surface area contributed by atoms with Gasteiger partial charge in [-0.2, -0.15) is 0 Å². The van der Waals surface area contributed by atoms with Crippen molar-refractivity contribution in [1.82, 2.24) is 0 Å². The number of para-hydroxylation sites is 1. The second-order valence-electron chi connectivity index (χ2n) is 5.09. The van der Waals surface area contributed by atoms with Crippen molar-refractivity contribution in [3.63, 3.8) is 0 Å². The second kappa shape index (κ2) is 7.78. The van der Waals surface area contributed by atoms with E-state index in [1.807, 2.05) is 0 Å². The molecule has 0 fully saturated rings. The summed E-state index contributed by atoms with van der Waals surface area (Å²) in [5.41, 5.74) is -0.368. The molecule has 0 aliphatic heterocycles. The molecule has 0 atom stereocenters. The van der Waals surface area contributed by atoms with Crippen LogP contribution in [-0.2, 0) is 10.3 Å². The molecule has 20 heavy (non-hydrogen) atoms. The summed E-state index contributed by atoms with van der Waals surface area (Å²) < 4.78 is 5.27. The van der Waals surface area contributed by atoms with E-state index in [0.717, 1.165) is 25.7 Å². The van der Waals surface area contributed by atoms with Gasteiger partial charge in [-0.25, -0.2) is 4.79 Å². The number of benzene rings is 1. The molecule has 0 unspecified atom stereocenters. The van der Waals surface area contributed by atoms with Gasteiger partial charge in [-0.1, -0.05) is 44.9 Å². The summed E-state index contributed by atoms with van der Waals surface area (Å²) in [5.74, 6) is 0.0981. The van der Waals surface area contributed by atoms with Gasteiger partial charge in [-0.05, 0) is 31.7 Å². The number of carboxylic acid groups (broad SMARTS) is 1. The van der Waals surface area contributed by atoms with Crippen molar-refractivity contribution in [3.8, 4) is 5.75 Å². The molecule has 112 valence electrons. The largest absolute Gasteiger partial charge is 0.508 e. The van der Waals surface area contributed by atoms with Crippen LogP contribution in [0.3, 0.4) is 0 Å². The fourth-order valence-electron chi connectivity index (χ4n) is 2.50. The Bertz CT molecular complexity index is 420. The first-order valence-electron chi connectivity index (χ1n) is 7.26. The van der Waals surface area contributed by atoms with Gasteiger partial charge < -0.3 is 14.9 Å². The molecule has 1 aromatic rings. The second-order valence-corrected chi connectivity index (χ2v) is 5.09. The maximum absolute atomic E-state index is 11.1. The van der Waals surface area contributed by atoms with Gasteiger partial charge in [0, 0.05) is 5.56 Å². The zero-order valence-corrected chi connectivity index (χ0v) is 12.3. The molecular weight excluding hydrogens is 256 g/mol. The smallest absolute Gasteiger partial charge is 0.506 e. The van der Waals surface area contributed by atoms with Crippen molar-refractivity contribution in [2.75, 3.05) is 0 Å². The van der Waals surface area contributed by atoms with Crippen LogP contribution in [0.4, 0.5) is 4.79 Å². The van der Waals surface area contributed by atoms with Crippen molar-refractivity contribution in [1.29, 1.82) is 0 Å². The number of ether oxygens (including phenoxy) is 1. The van der Waals surface area contributed by atoms with E-state index < -0.39 is 11.8 Å². The number of unbranched alkanes of at least 4 members (excludes halogenated alkanes) is 2. The van der Waals surface area contributed by atoms with Crippen LogP contribution in [0.5, 0.6) is 5.75 Å². The number of rotatable bonds is 8. The molecule has 0 saturated heterocycles. The van der Waals surface area contributed by atoms with Gasteiger partial charge in [-0.3, -0.25) is 0 Å². The predicted octanol–water partition coefficient (Wildman–Crippen LogP) is 4.66. The molecule has 0 saturated carbocycles.